The van der Waals surface area contributed by atoms with Crippen LogP contribution in [-0.4, -0.2) is 14.1 Å². The van der Waals surface area contributed by atoms with Gasteiger partial charge in [0.05, 0.1) is 22.1 Å². The van der Waals surface area contributed by atoms with Crippen LogP contribution in [0.3, 0.4) is 0 Å². The largest absolute Gasteiger partial charge is 0.331 e. The number of fused-ring (bicyclic) bond motifs is 7. The molecule has 1 atom stereocenters. The lowest BCUT2D eigenvalue weighted by molar-refractivity contribution is 0.653. The van der Waals surface area contributed by atoms with Crippen molar-refractivity contribution in [2.75, 3.05) is 0 Å². The van der Waals surface area contributed by atoms with Gasteiger partial charge in [0.1, 0.15) is 5.82 Å². The van der Waals surface area contributed by atoms with Gasteiger partial charge in [-0.15, -0.1) is 0 Å². The van der Waals surface area contributed by atoms with Crippen LogP contribution in [0, 0.1) is 0 Å². The van der Waals surface area contributed by atoms with E-state index in [0.29, 0.717) is 0 Å². The van der Waals surface area contributed by atoms with E-state index in [1.54, 1.807) is 0 Å². The van der Waals surface area contributed by atoms with Gasteiger partial charge in [0.15, 0.2) is 0 Å². The van der Waals surface area contributed by atoms with Gasteiger partial charge in [-0.2, -0.15) is 0 Å². The fraction of sp³-hybridized carbons (Fsp3) is 0.128. The number of imidazole rings is 1. The second-order valence-corrected chi connectivity index (χ2v) is 13.9. The minimum Gasteiger partial charge on any atom is -0.331 e. The van der Waals surface area contributed by atoms with E-state index in [9.17, 15) is 0 Å². The summed E-state index contributed by atoms with van der Waals surface area (Å²) in [7, 11) is 2.18. The van der Waals surface area contributed by atoms with Gasteiger partial charge in [-0.3, -0.25) is 0 Å². The predicted octanol–water partition coefficient (Wildman–Crippen LogP) is 12.0. The Morgan fingerprint density at radius 3 is 2.08 bits per heavy atom. The van der Waals surface area contributed by atoms with Crippen molar-refractivity contribution in [3.8, 4) is 33.4 Å². The molecular weight excluding hydrogens is 607 g/mol. The quantitative estimate of drug-likeness (QED) is 0.187. The first-order valence-corrected chi connectivity index (χ1v) is 17.8. The normalized spacial score (nSPS) is 15.6. The molecule has 2 aliphatic carbocycles. The smallest absolute Gasteiger partial charge is 0.117 e. The second-order valence-electron chi connectivity index (χ2n) is 13.9. The first-order valence-electron chi connectivity index (χ1n) is 17.8. The van der Waals surface area contributed by atoms with Crippen LogP contribution >= 0.6 is 0 Å². The average Bonchev–Trinajstić information content (AvgIpc) is 3.63. The molecule has 0 saturated heterocycles. The molecule has 0 fully saturated rings. The molecule has 0 N–H and O–H groups in total. The van der Waals surface area contributed by atoms with Crippen LogP contribution in [-0.2, 0) is 13.5 Å². The SMILES string of the molecule is Cn1c(C2CCc3cc4c(cc3-c3cc(-c5ccccc5)ccc32)c2cc(-c3ccccc3)ccc2n4C2=CC=CCC2)nc2ccccc21. The summed E-state index contributed by atoms with van der Waals surface area (Å²) in [5.74, 6) is 1.31. The summed E-state index contributed by atoms with van der Waals surface area (Å²) >= 11 is 0. The van der Waals surface area contributed by atoms with Crippen molar-refractivity contribution < 1.29 is 0 Å². The zero-order chi connectivity index (χ0) is 33.2. The molecule has 0 saturated carbocycles. The molecule has 0 radical (unpaired) electrons. The number of rotatable bonds is 4. The highest BCUT2D eigenvalue weighted by atomic mass is 15.1. The number of aryl methyl sites for hydroxylation is 2. The number of allylic oxidation sites excluding steroid dienone is 4. The Morgan fingerprint density at radius 1 is 0.600 bits per heavy atom. The number of hydrogen-bond donors (Lipinski definition) is 0. The first-order chi connectivity index (χ1) is 24.7. The van der Waals surface area contributed by atoms with Gasteiger partial charge in [0.2, 0.25) is 0 Å². The van der Waals surface area contributed by atoms with Crippen LogP contribution in [0.5, 0.6) is 0 Å². The van der Waals surface area contributed by atoms with Crippen molar-refractivity contribution in [3.63, 3.8) is 0 Å². The van der Waals surface area contributed by atoms with E-state index in [0.717, 1.165) is 37.0 Å². The lowest BCUT2D eigenvalue weighted by atomic mass is 9.87. The van der Waals surface area contributed by atoms with E-state index in [1.807, 2.05) is 0 Å². The molecule has 50 heavy (non-hydrogen) atoms. The molecule has 8 aromatic rings. The fourth-order valence-electron chi connectivity index (χ4n) is 8.57. The summed E-state index contributed by atoms with van der Waals surface area (Å²) in [4.78, 5) is 5.26. The van der Waals surface area contributed by atoms with Crippen molar-refractivity contribution >= 4 is 38.5 Å². The molecule has 2 aromatic heterocycles. The highest BCUT2D eigenvalue weighted by Gasteiger charge is 2.29. The van der Waals surface area contributed by atoms with Crippen molar-refractivity contribution in [1.82, 2.24) is 14.1 Å². The van der Waals surface area contributed by atoms with Crippen molar-refractivity contribution in [2.24, 2.45) is 7.05 Å². The maximum atomic E-state index is 5.26. The highest BCUT2D eigenvalue weighted by molar-refractivity contribution is 6.13. The van der Waals surface area contributed by atoms with E-state index in [4.69, 9.17) is 4.98 Å². The van der Waals surface area contributed by atoms with Crippen molar-refractivity contribution in [3.05, 3.63) is 169 Å². The van der Waals surface area contributed by atoms with Gasteiger partial charge in [-0.1, -0.05) is 103 Å². The number of hydrogen-bond acceptors (Lipinski definition) is 1. The van der Waals surface area contributed by atoms with E-state index in [1.165, 1.54) is 77.5 Å². The zero-order valence-electron chi connectivity index (χ0n) is 28.2. The minimum absolute atomic E-state index is 0.175. The maximum Gasteiger partial charge on any atom is 0.117 e. The Morgan fingerprint density at radius 2 is 1.32 bits per heavy atom. The van der Waals surface area contributed by atoms with E-state index < -0.39 is 0 Å². The third-order valence-electron chi connectivity index (χ3n) is 11.0. The molecule has 2 aliphatic rings. The van der Waals surface area contributed by atoms with E-state index in [-0.39, 0.29) is 5.92 Å². The van der Waals surface area contributed by atoms with Gasteiger partial charge >= 0.3 is 0 Å². The van der Waals surface area contributed by atoms with Gasteiger partial charge in [0, 0.05) is 29.4 Å². The summed E-state index contributed by atoms with van der Waals surface area (Å²) in [6.45, 7) is 0. The molecule has 240 valence electrons. The van der Waals surface area contributed by atoms with Crippen LogP contribution in [0.2, 0.25) is 0 Å². The first kappa shape index (κ1) is 29.0. The topological polar surface area (TPSA) is 22.8 Å². The maximum absolute atomic E-state index is 5.26. The Hall–Kier alpha value is -5.93. The Kier molecular flexibility index (Phi) is 6.73. The van der Waals surface area contributed by atoms with Crippen LogP contribution in [0.25, 0.3) is 71.9 Å². The molecule has 3 heteroatoms. The molecule has 6 aromatic carbocycles. The summed E-state index contributed by atoms with van der Waals surface area (Å²) in [6, 6.07) is 49.3. The van der Waals surface area contributed by atoms with Crippen LogP contribution in [0.15, 0.2) is 152 Å². The highest BCUT2D eigenvalue weighted by Crippen LogP contribution is 2.46. The van der Waals surface area contributed by atoms with Gasteiger partial charge in [0.25, 0.3) is 0 Å². The van der Waals surface area contributed by atoms with Crippen LogP contribution in [0.1, 0.15) is 42.1 Å². The van der Waals surface area contributed by atoms with Gasteiger partial charge < -0.3 is 9.13 Å². The van der Waals surface area contributed by atoms with E-state index >= 15 is 0 Å². The van der Waals surface area contributed by atoms with Crippen LogP contribution in [0.4, 0.5) is 0 Å². The number of aromatic nitrogens is 3. The van der Waals surface area contributed by atoms with Crippen molar-refractivity contribution in [2.45, 2.75) is 31.6 Å². The Bertz CT molecular complexity index is 2650. The number of nitrogens with zero attached hydrogens (tertiary/aromatic N) is 3. The monoisotopic (exact) mass is 643 g/mol. The summed E-state index contributed by atoms with van der Waals surface area (Å²) in [5.41, 5.74) is 16.6. The lowest BCUT2D eigenvalue weighted by Gasteiger charge is -2.19. The lowest BCUT2D eigenvalue weighted by Crippen LogP contribution is -2.09. The minimum atomic E-state index is 0.175. The predicted molar refractivity (Wildman–Crippen MR) is 209 cm³/mol. The zero-order valence-corrected chi connectivity index (χ0v) is 28.2. The van der Waals surface area contributed by atoms with Crippen LogP contribution < -0.4 is 0 Å². The molecule has 10 rings (SSSR count). The molecule has 0 spiro atoms. The molecular formula is C47H37N3. The third-order valence-corrected chi connectivity index (χ3v) is 11.0. The molecule has 2 heterocycles. The Labute approximate surface area is 292 Å². The fourth-order valence-corrected chi connectivity index (χ4v) is 8.57. The van der Waals surface area contributed by atoms with Gasteiger partial charge in [-0.05, 0) is 119 Å². The van der Waals surface area contributed by atoms with E-state index in [2.05, 4.69) is 168 Å². The standard InChI is InChI=1S/C47H37N3/c1-49-45-20-12-11-19-43(45)48-47(49)38-25-22-35-29-46-42(30-39(35)40-27-33(21-24-37(38)40)31-13-5-2-6-14-31)41-28-34(32-15-7-3-8-16-32)23-26-44(41)50(46)36-17-9-4-10-18-36/h2-9,11-17,19-21,23-24,26-30,38H,10,18,22,25H2,1H3. The summed E-state index contributed by atoms with van der Waals surface area (Å²) < 4.78 is 4.86. The average molecular weight is 644 g/mol. The molecule has 0 aliphatic heterocycles. The molecule has 0 bridgehead atoms. The second kappa shape index (κ2) is 11.6. The van der Waals surface area contributed by atoms with Crippen molar-refractivity contribution in [1.29, 1.82) is 0 Å². The summed E-state index contributed by atoms with van der Waals surface area (Å²) in [6.07, 6.45) is 10.9. The molecule has 1 unspecified atom stereocenters. The number of benzene rings is 6. The molecule has 0 amide bonds. The number of para-hydroxylation sites is 2. The van der Waals surface area contributed by atoms with Gasteiger partial charge in [-0.25, -0.2) is 4.98 Å². The third kappa shape index (κ3) is 4.61. The summed E-state index contributed by atoms with van der Waals surface area (Å²) in [5, 5.41) is 2.61. The molecule has 3 nitrogen and oxygen atoms in total. The Balaban J connectivity index is 1.25.